The molecule has 3 nitrogen and oxygen atoms in total. The van der Waals surface area contributed by atoms with Gasteiger partial charge in [0.15, 0.2) is 0 Å². The highest BCUT2D eigenvalue weighted by Crippen LogP contribution is 2.46. The molecular weight excluding hydrogens is 267 g/mol. The molecule has 1 amide bonds. The van der Waals surface area contributed by atoms with E-state index in [1.807, 2.05) is 41.5 Å². The van der Waals surface area contributed by atoms with Gasteiger partial charge in [-0.25, -0.2) is 4.36 Å². The number of hydrogen-bond acceptors (Lipinski definition) is 2. The van der Waals surface area contributed by atoms with Gasteiger partial charge in [0.25, 0.3) is 9.57 Å². The lowest BCUT2D eigenvalue weighted by atomic mass is 10.1. The third kappa shape index (κ3) is 2.54. The van der Waals surface area contributed by atoms with Crippen molar-refractivity contribution in [3.63, 3.8) is 0 Å². The van der Waals surface area contributed by atoms with E-state index in [1.165, 1.54) is 0 Å². The largest absolute Gasteiger partial charge is 0.283 e. The molecule has 0 aromatic rings. The maximum atomic E-state index is 11.8. The van der Waals surface area contributed by atoms with Gasteiger partial charge < -0.3 is 0 Å². The van der Waals surface area contributed by atoms with Crippen molar-refractivity contribution in [2.24, 2.45) is 4.36 Å². The SMILES string of the molecule is CC(C)(C)N=S1N(C(C)(C)C)C(=O)C1(Cl)Cl. The quantitative estimate of drug-likeness (QED) is 0.629. The number of amides is 1. The second-order valence-corrected chi connectivity index (χ2v) is 9.28. The minimum atomic E-state index is -1.37. The summed E-state index contributed by atoms with van der Waals surface area (Å²) in [4.78, 5) is 11.8. The lowest BCUT2D eigenvalue weighted by Gasteiger charge is -2.50. The summed E-state index contributed by atoms with van der Waals surface area (Å²) in [7, 11) is -0.774. The smallest absolute Gasteiger partial charge is 0.269 e. The third-order valence-corrected chi connectivity index (χ3v) is 5.37. The van der Waals surface area contributed by atoms with E-state index in [9.17, 15) is 4.79 Å². The minimum absolute atomic E-state index is 0.250. The van der Waals surface area contributed by atoms with E-state index < -0.39 is 14.5 Å². The Balaban J connectivity index is 3.15. The Hall–Kier alpha value is 0.200. The number of nitrogens with zero attached hydrogens (tertiary/aromatic N) is 2. The van der Waals surface area contributed by atoms with Crippen molar-refractivity contribution in [2.45, 2.75) is 56.3 Å². The van der Waals surface area contributed by atoms with Crippen molar-refractivity contribution >= 4 is 40.0 Å². The van der Waals surface area contributed by atoms with Gasteiger partial charge in [0.05, 0.1) is 5.54 Å². The van der Waals surface area contributed by atoms with Crippen LogP contribution in [-0.4, -0.2) is 25.0 Å². The standard InChI is InChI=1S/C10H18Cl2N2OS/c1-8(2,3)13-16-10(11,12)7(15)14(16)9(4,5)6/h1-6H3. The second kappa shape index (κ2) is 3.85. The van der Waals surface area contributed by atoms with Crippen molar-refractivity contribution in [1.29, 1.82) is 0 Å². The number of rotatable bonds is 0. The number of carbonyl (C=O) groups excluding carboxylic acids is 1. The summed E-state index contributed by atoms with van der Waals surface area (Å²) in [5.41, 5.74) is -0.565. The molecule has 0 aromatic heterocycles. The van der Waals surface area contributed by atoms with Gasteiger partial charge in [0.1, 0.15) is 0 Å². The first-order valence-corrected chi connectivity index (χ1v) is 6.97. The summed E-state index contributed by atoms with van der Waals surface area (Å²) in [6.45, 7) is 11.7. The van der Waals surface area contributed by atoms with Gasteiger partial charge >= 0.3 is 0 Å². The van der Waals surface area contributed by atoms with Crippen LogP contribution >= 0.6 is 23.2 Å². The Labute approximate surface area is 110 Å². The average molecular weight is 285 g/mol. The molecule has 1 fully saturated rings. The van der Waals surface area contributed by atoms with Crippen LogP contribution in [0.2, 0.25) is 0 Å². The fraction of sp³-hybridized carbons (Fsp3) is 0.900. The predicted molar refractivity (Wildman–Crippen MR) is 70.6 cm³/mol. The fourth-order valence-electron chi connectivity index (χ4n) is 1.27. The zero-order chi connectivity index (χ0) is 12.9. The van der Waals surface area contributed by atoms with Gasteiger partial charge in [-0.05, 0) is 41.5 Å². The Morgan fingerprint density at radius 1 is 1.19 bits per heavy atom. The van der Waals surface area contributed by atoms with E-state index in [0.717, 1.165) is 0 Å². The highest BCUT2D eigenvalue weighted by atomic mass is 35.5. The molecule has 6 heteroatoms. The Morgan fingerprint density at radius 3 is 1.94 bits per heavy atom. The molecule has 0 radical (unpaired) electrons. The van der Waals surface area contributed by atoms with E-state index in [4.69, 9.17) is 23.2 Å². The zero-order valence-corrected chi connectivity index (χ0v) is 12.8. The Bertz CT molecular complexity index is 353. The average Bonchev–Trinajstić information content (AvgIpc) is 1.98. The summed E-state index contributed by atoms with van der Waals surface area (Å²) >= 11 is 12.0. The van der Waals surface area contributed by atoms with E-state index >= 15 is 0 Å². The monoisotopic (exact) mass is 284 g/mol. The molecule has 0 saturated carbocycles. The fourth-order valence-corrected chi connectivity index (χ4v) is 4.03. The molecule has 1 unspecified atom stereocenters. The highest BCUT2D eigenvalue weighted by molar-refractivity contribution is 7.93. The highest BCUT2D eigenvalue weighted by Gasteiger charge is 2.59. The lowest BCUT2D eigenvalue weighted by molar-refractivity contribution is -0.130. The van der Waals surface area contributed by atoms with Crippen molar-refractivity contribution in [1.82, 2.24) is 4.31 Å². The summed E-state index contributed by atoms with van der Waals surface area (Å²) in [5.74, 6) is -0.250. The second-order valence-electron chi connectivity index (χ2n) is 5.81. The van der Waals surface area contributed by atoms with E-state index in [-0.39, 0.29) is 17.0 Å². The summed E-state index contributed by atoms with van der Waals surface area (Å²) in [6, 6.07) is 0. The van der Waals surface area contributed by atoms with Crippen molar-refractivity contribution < 1.29 is 4.79 Å². The van der Waals surface area contributed by atoms with Crippen LogP contribution in [0.4, 0.5) is 0 Å². The summed E-state index contributed by atoms with van der Waals surface area (Å²) < 4.78 is 4.83. The predicted octanol–water partition coefficient (Wildman–Crippen LogP) is 3.27. The maximum absolute atomic E-state index is 11.8. The van der Waals surface area contributed by atoms with Crippen LogP contribution in [0.15, 0.2) is 4.36 Å². The molecule has 94 valence electrons. The first-order valence-electron chi connectivity index (χ1n) is 5.07. The third-order valence-electron chi connectivity index (χ3n) is 1.81. The van der Waals surface area contributed by atoms with Crippen LogP contribution in [0.1, 0.15) is 41.5 Å². The minimum Gasteiger partial charge on any atom is -0.269 e. The van der Waals surface area contributed by atoms with Gasteiger partial charge in [-0.1, -0.05) is 23.2 Å². The lowest BCUT2D eigenvalue weighted by Crippen LogP contribution is -2.66. The molecule has 1 aliphatic heterocycles. The van der Waals surface area contributed by atoms with E-state index in [2.05, 4.69) is 4.36 Å². The van der Waals surface area contributed by atoms with Crippen molar-refractivity contribution in [2.75, 3.05) is 0 Å². The number of alkyl halides is 2. The molecule has 1 saturated heterocycles. The molecule has 1 heterocycles. The zero-order valence-electron chi connectivity index (χ0n) is 10.5. The topological polar surface area (TPSA) is 32.7 Å². The van der Waals surface area contributed by atoms with Gasteiger partial charge in [-0.15, -0.1) is 0 Å². The van der Waals surface area contributed by atoms with Gasteiger partial charge in [0, 0.05) is 16.4 Å². The molecule has 0 aliphatic carbocycles. The first kappa shape index (κ1) is 14.3. The molecule has 0 bridgehead atoms. The van der Waals surface area contributed by atoms with Crippen LogP contribution in [0.25, 0.3) is 0 Å². The van der Waals surface area contributed by atoms with Crippen molar-refractivity contribution in [3.05, 3.63) is 0 Å². The normalized spacial score (nSPS) is 25.9. The Morgan fingerprint density at radius 2 is 1.62 bits per heavy atom. The molecule has 0 N–H and O–H groups in total. The first-order chi connectivity index (χ1) is 6.87. The van der Waals surface area contributed by atoms with Crippen LogP contribution in [-0.2, 0) is 15.7 Å². The van der Waals surface area contributed by atoms with Crippen LogP contribution < -0.4 is 0 Å². The maximum Gasteiger partial charge on any atom is 0.283 e. The van der Waals surface area contributed by atoms with Gasteiger partial charge in [-0.2, -0.15) is 0 Å². The molecule has 1 aliphatic rings. The van der Waals surface area contributed by atoms with Crippen LogP contribution in [0.5, 0.6) is 0 Å². The van der Waals surface area contributed by atoms with Crippen LogP contribution in [0, 0.1) is 0 Å². The molecule has 0 aromatic carbocycles. The van der Waals surface area contributed by atoms with E-state index in [1.54, 1.807) is 4.31 Å². The van der Waals surface area contributed by atoms with E-state index in [0.29, 0.717) is 0 Å². The Kier molecular flexibility index (Phi) is 3.44. The molecule has 1 atom stereocenters. The molecule has 0 spiro atoms. The van der Waals surface area contributed by atoms with Crippen molar-refractivity contribution in [3.8, 4) is 0 Å². The molecular formula is C10H18Cl2N2OS. The van der Waals surface area contributed by atoms with Gasteiger partial charge in [-0.3, -0.25) is 9.10 Å². The number of halogens is 2. The van der Waals surface area contributed by atoms with Crippen LogP contribution in [0.3, 0.4) is 0 Å². The van der Waals surface area contributed by atoms with Gasteiger partial charge in [0.2, 0.25) is 0 Å². The summed E-state index contributed by atoms with van der Waals surface area (Å²) in [6.07, 6.45) is 0. The molecule has 16 heavy (non-hydrogen) atoms. The number of hydrogen-bond donors (Lipinski definition) is 0. The molecule has 1 rings (SSSR count). The summed E-state index contributed by atoms with van der Waals surface area (Å²) in [5, 5.41) is 0. The number of carbonyl (C=O) groups is 1.